The van der Waals surface area contributed by atoms with E-state index < -0.39 is 0 Å². The van der Waals surface area contributed by atoms with Crippen LogP contribution in [0.2, 0.25) is 0 Å². The molecule has 6 heteroatoms. The quantitative estimate of drug-likeness (QED) is 0.589. The van der Waals surface area contributed by atoms with Crippen LogP contribution >= 0.6 is 12.2 Å². The Kier molecular flexibility index (Phi) is 7.42. The maximum atomic E-state index is 5.36. The smallest absolute Gasteiger partial charge is 0.170 e. The minimum absolute atomic E-state index is 0.618. The minimum atomic E-state index is 0.618. The Morgan fingerprint density at radius 3 is 2.65 bits per heavy atom. The van der Waals surface area contributed by atoms with Crippen molar-refractivity contribution in [1.82, 2.24) is 10.2 Å². The van der Waals surface area contributed by atoms with Crippen molar-refractivity contribution < 1.29 is 9.47 Å². The largest absolute Gasteiger partial charge is 0.497 e. The lowest BCUT2D eigenvalue weighted by atomic mass is 10.1. The van der Waals surface area contributed by atoms with Crippen molar-refractivity contribution >= 4 is 23.0 Å². The number of likely N-dealkylation sites (tertiary alicyclic amines) is 1. The molecule has 2 N–H and O–H groups in total. The van der Waals surface area contributed by atoms with E-state index in [1.165, 1.54) is 32.4 Å². The van der Waals surface area contributed by atoms with E-state index in [4.69, 9.17) is 21.7 Å². The van der Waals surface area contributed by atoms with Gasteiger partial charge in [0.2, 0.25) is 0 Å². The average molecular weight is 337 g/mol. The highest BCUT2D eigenvalue weighted by Gasteiger charge is 2.09. The topological polar surface area (TPSA) is 45.8 Å². The first-order chi connectivity index (χ1) is 11.2. The van der Waals surface area contributed by atoms with Crippen molar-refractivity contribution in [2.45, 2.75) is 25.7 Å². The Bertz CT molecular complexity index is 505. The van der Waals surface area contributed by atoms with Crippen LogP contribution in [0.5, 0.6) is 11.5 Å². The number of hydrogen-bond acceptors (Lipinski definition) is 4. The normalized spacial score (nSPS) is 15.0. The first-order valence-corrected chi connectivity index (χ1v) is 8.63. The van der Waals surface area contributed by atoms with Crippen LogP contribution < -0.4 is 20.1 Å². The Morgan fingerprint density at radius 2 is 1.96 bits per heavy atom. The number of nitrogens with one attached hydrogen (secondary N) is 2. The van der Waals surface area contributed by atoms with E-state index >= 15 is 0 Å². The monoisotopic (exact) mass is 337 g/mol. The summed E-state index contributed by atoms with van der Waals surface area (Å²) in [6.45, 7) is 4.50. The first kappa shape index (κ1) is 17.8. The van der Waals surface area contributed by atoms with Crippen LogP contribution in [0, 0.1) is 0 Å². The molecule has 0 spiro atoms. The molecule has 0 radical (unpaired) electrons. The second kappa shape index (κ2) is 9.57. The first-order valence-electron chi connectivity index (χ1n) is 8.22. The summed E-state index contributed by atoms with van der Waals surface area (Å²) in [5, 5.41) is 7.05. The molecule has 23 heavy (non-hydrogen) atoms. The van der Waals surface area contributed by atoms with Crippen LogP contribution in [-0.4, -0.2) is 50.4 Å². The lowest BCUT2D eigenvalue weighted by molar-refractivity contribution is 0.227. The molecule has 0 unspecified atom stereocenters. The number of benzene rings is 1. The van der Waals surface area contributed by atoms with Gasteiger partial charge in [0.25, 0.3) is 0 Å². The number of anilines is 1. The Balaban J connectivity index is 1.71. The van der Waals surface area contributed by atoms with Gasteiger partial charge in [0, 0.05) is 12.6 Å². The van der Waals surface area contributed by atoms with Gasteiger partial charge in [0.1, 0.15) is 11.5 Å². The van der Waals surface area contributed by atoms with Crippen molar-refractivity contribution in [1.29, 1.82) is 0 Å². The van der Waals surface area contributed by atoms with E-state index in [1.54, 1.807) is 14.2 Å². The third-order valence-electron chi connectivity index (χ3n) is 4.04. The van der Waals surface area contributed by atoms with Gasteiger partial charge in [-0.2, -0.15) is 0 Å². The molecule has 0 aromatic heterocycles. The van der Waals surface area contributed by atoms with E-state index in [0.29, 0.717) is 10.9 Å². The Hall–Kier alpha value is -1.53. The van der Waals surface area contributed by atoms with Gasteiger partial charge in [-0.15, -0.1) is 0 Å². The van der Waals surface area contributed by atoms with Crippen LogP contribution in [-0.2, 0) is 0 Å². The summed E-state index contributed by atoms with van der Waals surface area (Å²) < 4.78 is 10.5. The number of hydrogen-bond donors (Lipinski definition) is 2. The third-order valence-corrected chi connectivity index (χ3v) is 4.29. The molecule has 128 valence electrons. The highest BCUT2D eigenvalue weighted by molar-refractivity contribution is 7.80. The highest BCUT2D eigenvalue weighted by atomic mass is 32.1. The minimum Gasteiger partial charge on any atom is -0.497 e. The molecule has 1 heterocycles. The van der Waals surface area contributed by atoms with E-state index in [1.807, 2.05) is 18.2 Å². The number of nitrogens with zero attached hydrogens (tertiary/aromatic N) is 1. The van der Waals surface area contributed by atoms with Gasteiger partial charge in [-0.1, -0.05) is 6.42 Å². The predicted molar refractivity (Wildman–Crippen MR) is 98.7 cm³/mol. The molecule has 0 aliphatic carbocycles. The van der Waals surface area contributed by atoms with Gasteiger partial charge < -0.3 is 25.0 Å². The van der Waals surface area contributed by atoms with Gasteiger partial charge in [0.15, 0.2) is 5.11 Å². The van der Waals surface area contributed by atoms with E-state index in [0.717, 1.165) is 30.9 Å². The molecule has 1 aliphatic heterocycles. The molecular formula is C17H27N3O2S. The molecule has 2 rings (SSSR count). The standard InChI is InChI=1S/C17H27N3O2S/c1-21-14-7-8-15(16(13-14)22-2)19-17(23)18-9-6-12-20-10-4-3-5-11-20/h7-8,13H,3-6,9-12H2,1-2H3,(H2,18,19,23). The fraction of sp³-hybridized carbons (Fsp3) is 0.588. The number of thiocarbonyl (C=S) groups is 1. The number of rotatable bonds is 7. The van der Waals surface area contributed by atoms with Crippen molar-refractivity contribution in [2.75, 3.05) is 45.7 Å². The molecular weight excluding hydrogens is 310 g/mol. The Morgan fingerprint density at radius 1 is 1.17 bits per heavy atom. The SMILES string of the molecule is COc1ccc(NC(=S)NCCCN2CCCCC2)c(OC)c1. The van der Waals surface area contributed by atoms with Gasteiger partial charge in [-0.3, -0.25) is 0 Å². The molecule has 1 aromatic carbocycles. The lowest BCUT2D eigenvalue weighted by Crippen LogP contribution is -2.34. The third kappa shape index (κ3) is 5.88. The summed E-state index contributed by atoms with van der Waals surface area (Å²) in [6, 6.07) is 5.62. The number of methoxy groups -OCH3 is 2. The highest BCUT2D eigenvalue weighted by Crippen LogP contribution is 2.28. The van der Waals surface area contributed by atoms with E-state index in [2.05, 4.69) is 15.5 Å². The van der Waals surface area contributed by atoms with Gasteiger partial charge >= 0.3 is 0 Å². The summed E-state index contributed by atoms with van der Waals surface area (Å²) in [4.78, 5) is 2.54. The number of piperidine rings is 1. The molecule has 0 amide bonds. The lowest BCUT2D eigenvalue weighted by Gasteiger charge is -2.26. The molecule has 1 aliphatic rings. The van der Waals surface area contributed by atoms with Crippen molar-refractivity contribution in [2.24, 2.45) is 0 Å². The molecule has 5 nitrogen and oxygen atoms in total. The molecule has 1 fully saturated rings. The van der Waals surface area contributed by atoms with Crippen molar-refractivity contribution in [3.05, 3.63) is 18.2 Å². The molecule has 0 saturated carbocycles. The maximum absolute atomic E-state index is 5.36. The van der Waals surface area contributed by atoms with Crippen LogP contribution in [0.25, 0.3) is 0 Å². The zero-order valence-corrected chi connectivity index (χ0v) is 14.9. The predicted octanol–water partition coefficient (Wildman–Crippen LogP) is 2.87. The zero-order valence-electron chi connectivity index (χ0n) is 14.1. The number of ether oxygens (including phenoxy) is 2. The Labute approximate surface area is 144 Å². The van der Waals surface area contributed by atoms with Gasteiger partial charge in [0.05, 0.1) is 19.9 Å². The summed E-state index contributed by atoms with van der Waals surface area (Å²) in [5.41, 5.74) is 0.835. The van der Waals surface area contributed by atoms with Crippen molar-refractivity contribution in [3.8, 4) is 11.5 Å². The van der Waals surface area contributed by atoms with Crippen LogP contribution in [0.15, 0.2) is 18.2 Å². The van der Waals surface area contributed by atoms with Gasteiger partial charge in [-0.05, 0) is 63.2 Å². The second-order valence-corrected chi connectivity index (χ2v) is 6.11. The average Bonchev–Trinajstić information content (AvgIpc) is 2.60. The fourth-order valence-corrected chi connectivity index (χ4v) is 2.97. The van der Waals surface area contributed by atoms with Crippen LogP contribution in [0.3, 0.4) is 0 Å². The summed E-state index contributed by atoms with van der Waals surface area (Å²) in [7, 11) is 3.27. The molecule has 0 bridgehead atoms. The summed E-state index contributed by atoms with van der Waals surface area (Å²) >= 11 is 5.35. The summed E-state index contributed by atoms with van der Waals surface area (Å²) in [6.07, 6.45) is 5.16. The second-order valence-electron chi connectivity index (χ2n) is 5.70. The van der Waals surface area contributed by atoms with Crippen LogP contribution in [0.4, 0.5) is 5.69 Å². The van der Waals surface area contributed by atoms with E-state index in [9.17, 15) is 0 Å². The fourth-order valence-electron chi connectivity index (χ4n) is 2.76. The zero-order chi connectivity index (χ0) is 16.5. The summed E-state index contributed by atoms with van der Waals surface area (Å²) in [5.74, 6) is 1.47. The van der Waals surface area contributed by atoms with E-state index in [-0.39, 0.29) is 0 Å². The molecule has 1 aromatic rings. The van der Waals surface area contributed by atoms with Crippen molar-refractivity contribution in [3.63, 3.8) is 0 Å². The molecule has 1 saturated heterocycles. The van der Waals surface area contributed by atoms with Gasteiger partial charge in [-0.25, -0.2) is 0 Å². The maximum Gasteiger partial charge on any atom is 0.170 e. The van der Waals surface area contributed by atoms with Crippen LogP contribution in [0.1, 0.15) is 25.7 Å². The molecule has 0 atom stereocenters.